The Morgan fingerprint density at radius 2 is 2.19 bits per heavy atom. The molecule has 1 amide bonds. The zero-order chi connectivity index (χ0) is 14.7. The minimum Gasteiger partial charge on any atom is -0.441 e. The summed E-state index contributed by atoms with van der Waals surface area (Å²) in [5.41, 5.74) is 1.25. The molecule has 2 heterocycles. The van der Waals surface area contributed by atoms with Crippen LogP contribution in [0.25, 0.3) is 11.5 Å². The highest BCUT2D eigenvalue weighted by molar-refractivity contribution is 5.93. The van der Waals surface area contributed by atoms with E-state index < -0.39 is 0 Å². The highest BCUT2D eigenvalue weighted by Crippen LogP contribution is 2.21. The smallest absolute Gasteiger partial charge is 0.273 e. The van der Waals surface area contributed by atoms with E-state index in [1.807, 2.05) is 30.3 Å². The Morgan fingerprint density at radius 1 is 1.38 bits per heavy atom. The third-order valence-corrected chi connectivity index (χ3v) is 3.66. The maximum Gasteiger partial charge on any atom is 0.273 e. The molecule has 0 aliphatic carbocycles. The predicted octanol–water partition coefficient (Wildman–Crippen LogP) is 2.13. The van der Waals surface area contributed by atoms with Crippen LogP contribution in [-0.4, -0.2) is 30.0 Å². The lowest BCUT2D eigenvalue weighted by molar-refractivity contribution is 0.0924. The molecular formula is C16H19N3O2. The van der Waals surface area contributed by atoms with Crippen LogP contribution < -0.4 is 10.6 Å². The van der Waals surface area contributed by atoms with Crippen LogP contribution in [0, 0.1) is 6.92 Å². The van der Waals surface area contributed by atoms with Gasteiger partial charge in [0.2, 0.25) is 5.89 Å². The molecule has 5 heteroatoms. The van der Waals surface area contributed by atoms with E-state index in [2.05, 4.69) is 15.6 Å². The molecule has 0 bridgehead atoms. The summed E-state index contributed by atoms with van der Waals surface area (Å²) in [5, 5.41) is 6.30. The Bertz CT molecular complexity index is 616. The number of hydrogen-bond acceptors (Lipinski definition) is 4. The van der Waals surface area contributed by atoms with E-state index in [0.717, 1.165) is 31.5 Å². The van der Waals surface area contributed by atoms with Gasteiger partial charge in [-0.3, -0.25) is 4.79 Å². The van der Waals surface area contributed by atoms with E-state index in [-0.39, 0.29) is 11.9 Å². The Balaban J connectivity index is 1.76. The predicted molar refractivity (Wildman–Crippen MR) is 80.0 cm³/mol. The number of aromatic nitrogens is 1. The lowest BCUT2D eigenvalue weighted by atomic mass is 10.1. The Morgan fingerprint density at radius 3 is 2.90 bits per heavy atom. The molecular weight excluding hydrogens is 266 g/mol. The first-order chi connectivity index (χ1) is 10.2. The highest BCUT2D eigenvalue weighted by atomic mass is 16.4. The summed E-state index contributed by atoms with van der Waals surface area (Å²) in [5.74, 6) is 0.877. The van der Waals surface area contributed by atoms with Gasteiger partial charge in [0.05, 0.1) is 0 Å². The van der Waals surface area contributed by atoms with Crippen LogP contribution in [0.3, 0.4) is 0 Å². The topological polar surface area (TPSA) is 67.2 Å². The van der Waals surface area contributed by atoms with E-state index >= 15 is 0 Å². The number of rotatable bonds is 3. The van der Waals surface area contributed by atoms with Crippen molar-refractivity contribution in [1.82, 2.24) is 15.6 Å². The molecule has 0 unspecified atom stereocenters. The van der Waals surface area contributed by atoms with Crippen LogP contribution in [0.2, 0.25) is 0 Å². The van der Waals surface area contributed by atoms with Crippen molar-refractivity contribution < 1.29 is 9.21 Å². The van der Waals surface area contributed by atoms with Crippen molar-refractivity contribution in [2.75, 3.05) is 13.1 Å². The molecule has 0 radical (unpaired) electrons. The van der Waals surface area contributed by atoms with Gasteiger partial charge in [-0.25, -0.2) is 4.98 Å². The number of hydrogen-bond donors (Lipinski definition) is 2. The van der Waals surface area contributed by atoms with Gasteiger partial charge in [0, 0.05) is 18.2 Å². The monoisotopic (exact) mass is 285 g/mol. The Kier molecular flexibility index (Phi) is 4.01. The molecule has 3 rings (SSSR count). The largest absolute Gasteiger partial charge is 0.441 e. The van der Waals surface area contributed by atoms with E-state index in [0.29, 0.717) is 17.3 Å². The number of oxazole rings is 1. The lowest BCUT2D eigenvalue weighted by Gasteiger charge is -2.23. The van der Waals surface area contributed by atoms with Gasteiger partial charge in [0.1, 0.15) is 5.76 Å². The molecule has 1 aliphatic heterocycles. The zero-order valence-corrected chi connectivity index (χ0v) is 12.1. The van der Waals surface area contributed by atoms with Crippen molar-refractivity contribution in [2.45, 2.75) is 25.8 Å². The second-order valence-corrected chi connectivity index (χ2v) is 5.31. The second-order valence-electron chi connectivity index (χ2n) is 5.31. The first-order valence-corrected chi connectivity index (χ1v) is 7.28. The fourth-order valence-electron chi connectivity index (χ4n) is 2.54. The van der Waals surface area contributed by atoms with Gasteiger partial charge < -0.3 is 15.1 Å². The molecule has 1 fully saturated rings. The number of aryl methyl sites for hydroxylation is 1. The van der Waals surface area contributed by atoms with Gasteiger partial charge >= 0.3 is 0 Å². The summed E-state index contributed by atoms with van der Waals surface area (Å²) < 4.78 is 5.62. The molecule has 110 valence electrons. The van der Waals surface area contributed by atoms with Crippen LogP contribution in [0.1, 0.15) is 29.1 Å². The average Bonchev–Trinajstić information content (AvgIpc) is 2.91. The van der Waals surface area contributed by atoms with Crippen molar-refractivity contribution in [3.63, 3.8) is 0 Å². The minimum absolute atomic E-state index is 0.160. The van der Waals surface area contributed by atoms with Crippen LogP contribution in [-0.2, 0) is 0 Å². The lowest BCUT2D eigenvalue weighted by Crippen LogP contribution is -2.45. The number of benzene rings is 1. The van der Waals surface area contributed by atoms with Gasteiger partial charge in [0.25, 0.3) is 5.91 Å². The van der Waals surface area contributed by atoms with E-state index in [1.165, 1.54) is 0 Å². The highest BCUT2D eigenvalue weighted by Gasteiger charge is 2.21. The normalized spacial score (nSPS) is 18.4. The number of carbonyl (C=O) groups is 1. The maximum absolute atomic E-state index is 12.3. The average molecular weight is 285 g/mol. The van der Waals surface area contributed by atoms with Crippen molar-refractivity contribution in [3.8, 4) is 11.5 Å². The standard InChI is InChI=1S/C16H19N3O2/c1-11-14(15(20)18-13-8-5-9-17-10-13)19-16(21-11)12-6-3-2-4-7-12/h2-4,6-7,13,17H,5,8-10H2,1H3,(H,18,20)/t13-/m0/s1. The molecule has 1 aliphatic rings. The molecule has 1 saturated heterocycles. The van der Waals surface area contributed by atoms with Crippen LogP contribution in [0.5, 0.6) is 0 Å². The summed E-state index contributed by atoms with van der Waals surface area (Å²) in [6, 6.07) is 9.77. The summed E-state index contributed by atoms with van der Waals surface area (Å²) in [4.78, 5) is 16.7. The molecule has 5 nitrogen and oxygen atoms in total. The van der Waals surface area contributed by atoms with Crippen molar-refractivity contribution in [3.05, 3.63) is 41.8 Å². The van der Waals surface area contributed by atoms with Crippen LogP contribution in [0.15, 0.2) is 34.7 Å². The Hall–Kier alpha value is -2.14. The minimum atomic E-state index is -0.160. The molecule has 1 aromatic carbocycles. The van der Waals surface area contributed by atoms with Crippen molar-refractivity contribution in [1.29, 1.82) is 0 Å². The van der Waals surface area contributed by atoms with E-state index in [1.54, 1.807) is 6.92 Å². The summed E-state index contributed by atoms with van der Waals surface area (Å²) >= 11 is 0. The third-order valence-electron chi connectivity index (χ3n) is 3.66. The van der Waals surface area contributed by atoms with Crippen LogP contribution >= 0.6 is 0 Å². The van der Waals surface area contributed by atoms with E-state index in [9.17, 15) is 4.79 Å². The molecule has 1 atom stereocenters. The SMILES string of the molecule is Cc1oc(-c2ccccc2)nc1C(=O)N[C@H]1CCCNC1. The van der Waals surface area contributed by atoms with Gasteiger partial charge in [0.15, 0.2) is 5.69 Å². The van der Waals surface area contributed by atoms with Gasteiger partial charge in [-0.2, -0.15) is 0 Å². The molecule has 0 saturated carbocycles. The number of nitrogens with one attached hydrogen (secondary N) is 2. The fraction of sp³-hybridized carbons (Fsp3) is 0.375. The fourth-order valence-corrected chi connectivity index (χ4v) is 2.54. The molecule has 1 aromatic heterocycles. The van der Waals surface area contributed by atoms with Crippen molar-refractivity contribution >= 4 is 5.91 Å². The number of nitrogens with zero attached hydrogens (tertiary/aromatic N) is 1. The van der Waals surface area contributed by atoms with Crippen LogP contribution in [0.4, 0.5) is 0 Å². The summed E-state index contributed by atoms with van der Waals surface area (Å²) in [7, 11) is 0. The maximum atomic E-state index is 12.3. The molecule has 21 heavy (non-hydrogen) atoms. The number of piperidine rings is 1. The molecule has 2 N–H and O–H groups in total. The number of amides is 1. The second kappa shape index (κ2) is 6.10. The summed E-state index contributed by atoms with van der Waals surface area (Å²) in [6.07, 6.45) is 2.08. The van der Waals surface area contributed by atoms with Gasteiger partial charge in [-0.1, -0.05) is 18.2 Å². The first kappa shape index (κ1) is 13.8. The Labute approximate surface area is 123 Å². The summed E-state index contributed by atoms with van der Waals surface area (Å²) in [6.45, 7) is 3.61. The zero-order valence-electron chi connectivity index (χ0n) is 12.1. The quantitative estimate of drug-likeness (QED) is 0.906. The van der Waals surface area contributed by atoms with Crippen molar-refractivity contribution in [2.24, 2.45) is 0 Å². The van der Waals surface area contributed by atoms with Gasteiger partial charge in [-0.05, 0) is 38.4 Å². The van der Waals surface area contributed by atoms with Gasteiger partial charge in [-0.15, -0.1) is 0 Å². The van der Waals surface area contributed by atoms with E-state index in [4.69, 9.17) is 4.42 Å². The first-order valence-electron chi connectivity index (χ1n) is 7.28. The third kappa shape index (κ3) is 3.13. The molecule has 2 aromatic rings. The number of carbonyl (C=O) groups excluding carboxylic acids is 1. The molecule has 0 spiro atoms.